The number of thiophene rings is 1. The first kappa shape index (κ1) is 21.3. The van der Waals surface area contributed by atoms with Crippen LogP contribution in [-0.2, 0) is 11.3 Å². The summed E-state index contributed by atoms with van der Waals surface area (Å²) in [5, 5.41) is 6.98. The van der Waals surface area contributed by atoms with Gasteiger partial charge < -0.3 is 15.1 Å². The predicted molar refractivity (Wildman–Crippen MR) is 131 cm³/mol. The highest BCUT2D eigenvalue weighted by molar-refractivity contribution is 7.17. The monoisotopic (exact) mass is 449 g/mol. The van der Waals surface area contributed by atoms with Crippen LogP contribution in [0.5, 0.6) is 0 Å². The lowest BCUT2D eigenvalue weighted by molar-refractivity contribution is -0.134. The molecule has 1 unspecified atom stereocenters. The lowest BCUT2D eigenvalue weighted by atomic mass is 10.1. The van der Waals surface area contributed by atoms with Crippen molar-refractivity contribution in [1.29, 1.82) is 0 Å². The first-order valence-electron chi connectivity index (χ1n) is 11.6. The summed E-state index contributed by atoms with van der Waals surface area (Å²) in [6, 6.07) is 10.7. The fourth-order valence-electron chi connectivity index (χ4n) is 4.98. The van der Waals surface area contributed by atoms with E-state index < -0.39 is 0 Å². The fraction of sp³-hybridized carbons (Fsp3) is 0.480. The molecule has 2 aromatic heterocycles. The van der Waals surface area contributed by atoms with Gasteiger partial charge in [0.2, 0.25) is 5.91 Å². The van der Waals surface area contributed by atoms with Crippen LogP contribution in [0.15, 0.2) is 35.7 Å². The summed E-state index contributed by atoms with van der Waals surface area (Å²) in [5.41, 5.74) is 2.34. The topological polar surface area (TPSA) is 61.4 Å². The predicted octanol–water partition coefficient (Wildman–Crippen LogP) is 4.62. The van der Waals surface area contributed by atoms with E-state index in [2.05, 4.69) is 44.8 Å². The maximum atomic E-state index is 12.9. The average molecular weight is 450 g/mol. The maximum absolute atomic E-state index is 12.9. The van der Waals surface area contributed by atoms with E-state index >= 15 is 0 Å². The largest absolute Gasteiger partial charge is 0.365 e. The van der Waals surface area contributed by atoms with Gasteiger partial charge in [-0.2, -0.15) is 0 Å². The molecule has 0 bridgehead atoms. The summed E-state index contributed by atoms with van der Waals surface area (Å²) in [7, 11) is 4.07. The Morgan fingerprint density at radius 1 is 1.16 bits per heavy atom. The summed E-state index contributed by atoms with van der Waals surface area (Å²) < 4.78 is 0. The van der Waals surface area contributed by atoms with Crippen LogP contribution in [0, 0.1) is 5.92 Å². The van der Waals surface area contributed by atoms with Gasteiger partial charge in [0, 0.05) is 36.0 Å². The van der Waals surface area contributed by atoms with Gasteiger partial charge in [-0.15, -0.1) is 11.3 Å². The lowest BCUT2D eigenvalue weighted by Crippen LogP contribution is -2.35. The van der Waals surface area contributed by atoms with E-state index in [0.29, 0.717) is 12.5 Å². The molecule has 1 aromatic carbocycles. The van der Waals surface area contributed by atoms with Gasteiger partial charge in [-0.3, -0.25) is 4.79 Å². The molecular formula is C25H31N5OS. The molecule has 2 aliphatic rings. The number of aromatic nitrogens is 2. The second kappa shape index (κ2) is 9.16. The van der Waals surface area contributed by atoms with E-state index in [1.54, 1.807) is 11.3 Å². The molecule has 1 N–H and O–H groups in total. The molecule has 3 heterocycles. The minimum Gasteiger partial charge on any atom is -0.365 e. The summed E-state index contributed by atoms with van der Waals surface area (Å²) >= 11 is 1.67. The van der Waals surface area contributed by atoms with Crippen molar-refractivity contribution >= 4 is 33.3 Å². The number of benzene rings is 1. The van der Waals surface area contributed by atoms with Gasteiger partial charge in [-0.1, -0.05) is 43.2 Å². The van der Waals surface area contributed by atoms with Crippen LogP contribution in [0.2, 0.25) is 0 Å². The van der Waals surface area contributed by atoms with E-state index in [1.807, 2.05) is 20.2 Å². The van der Waals surface area contributed by atoms with Crippen LogP contribution in [0.1, 0.15) is 37.9 Å². The lowest BCUT2D eigenvalue weighted by Gasteiger charge is -2.21. The van der Waals surface area contributed by atoms with Crippen molar-refractivity contribution in [3.8, 4) is 11.1 Å². The van der Waals surface area contributed by atoms with Gasteiger partial charge in [-0.25, -0.2) is 9.97 Å². The smallest absolute Gasteiger partial charge is 0.225 e. The molecule has 1 atom stereocenters. The Hall–Kier alpha value is -2.51. The van der Waals surface area contributed by atoms with E-state index in [9.17, 15) is 4.79 Å². The van der Waals surface area contributed by atoms with Crippen LogP contribution >= 0.6 is 11.3 Å². The molecule has 5 rings (SSSR count). The Morgan fingerprint density at radius 2 is 1.94 bits per heavy atom. The summed E-state index contributed by atoms with van der Waals surface area (Å²) in [5.74, 6) is 2.32. The molecule has 32 heavy (non-hydrogen) atoms. The molecule has 1 aliphatic carbocycles. The number of hydrogen-bond acceptors (Lipinski definition) is 6. The Bertz CT molecular complexity index is 1090. The third kappa shape index (κ3) is 4.36. The van der Waals surface area contributed by atoms with Crippen molar-refractivity contribution in [2.45, 2.75) is 44.7 Å². The third-order valence-electron chi connectivity index (χ3n) is 6.57. The highest BCUT2D eigenvalue weighted by Gasteiger charge is 2.32. The first-order chi connectivity index (χ1) is 15.6. The molecule has 0 radical (unpaired) electrons. The molecule has 0 spiro atoms. The van der Waals surface area contributed by atoms with Crippen molar-refractivity contribution < 1.29 is 4.79 Å². The third-order valence-corrected chi connectivity index (χ3v) is 7.44. The summed E-state index contributed by atoms with van der Waals surface area (Å²) in [4.78, 5) is 27.9. The molecule has 2 fully saturated rings. The number of amides is 1. The van der Waals surface area contributed by atoms with E-state index in [1.165, 1.54) is 24.0 Å². The maximum Gasteiger partial charge on any atom is 0.225 e. The number of rotatable bonds is 6. The van der Waals surface area contributed by atoms with E-state index in [0.717, 1.165) is 54.2 Å². The summed E-state index contributed by atoms with van der Waals surface area (Å²) in [6.07, 6.45) is 5.46. The summed E-state index contributed by atoms with van der Waals surface area (Å²) in [6.45, 7) is 2.29. The van der Waals surface area contributed by atoms with Crippen LogP contribution in [-0.4, -0.2) is 58.9 Å². The number of nitrogens with one attached hydrogen (secondary N) is 1. The Labute approximate surface area is 193 Å². The van der Waals surface area contributed by atoms with Crippen molar-refractivity contribution in [1.82, 2.24) is 19.8 Å². The van der Waals surface area contributed by atoms with Crippen molar-refractivity contribution in [2.24, 2.45) is 5.92 Å². The molecule has 1 amide bonds. The van der Waals surface area contributed by atoms with Crippen molar-refractivity contribution in [3.63, 3.8) is 0 Å². The minimum atomic E-state index is 0.217. The van der Waals surface area contributed by atoms with Gasteiger partial charge in [0.25, 0.3) is 0 Å². The van der Waals surface area contributed by atoms with E-state index in [4.69, 9.17) is 9.97 Å². The molecule has 1 saturated carbocycles. The number of fused-ring (bicyclic) bond motifs is 1. The highest BCUT2D eigenvalue weighted by atomic mass is 32.1. The van der Waals surface area contributed by atoms with Crippen LogP contribution in [0.25, 0.3) is 21.3 Å². The average Bonchev–Trinajstić information content (AvgIpc) is 3.54. The molecule has 1 aliphatic heterocycles. The van der Waals surface area contributed by atoms with Gasteiger partial charge in [0.05, 0.1) is 11.9 Å². The second-order valence-electron chi connectivity index (χ2n) is 9.32. The second-order valence-corrected chi connectivity index (χ2v) is 10.2. The number of nitrogens with zero attached hydrogens (tertiary/aromatic N) is 4. The van der Waals surface area contributed by atoms with Gasteiger partial charge in [0.15, 0.2) is 0 Å². The molecular weight excluding hydrogens is 418 g/mol. The number of likely N-dealkylation sites (tertiary alicyclic amines) is 1. The van der Waals surface area contributed by atoms with Crippen LogP contribution in [0.4, 0.5) is 5.82 Å². The minimum absolute atomic E-state index is 0.217. The molecule has 7 heteroatoms. The van der Waals surface area contributed by atoms with E-state index in [-0.39, 0.29) is 12.0 Å². The quantitative estimate of drug-likeness (QED) is 0.595. The van der Waals surface area contributed by atoms with Crippen molar-refractivity contribution in [3.05, 3.63) is 41.5 Å². The fourth-order valence-corrected chi connectivity index (χ4v) is 5.94. The zero-order chi connectivity index (χ0) is 22.1. The van der Waals surface area contributed by atoms with Crippen LogP contribution < -0.4 is 5.32 Å². The molecule has 1 saturated heterocycles. The van der Waals surface area contributed by atoms with Crippen molar-refractivity contribution in [2.75, 3.05) is 32.5 Å². The molecule has 6 nitrogen and oxygen atoms in total. The Kier molecular flexibility index (Phi) is 6.11. The standard InChI is InChI=1S/C25H31N5OS/c1-29(2)15-21-27-23(22-20(16-32-24(22)28-21)17-8-4-3-5-9-17)26-19-12-13-30(14-19)25(31)18-10-6-7-11-18/h3-5,8-9,16,18-19H,6-7,10-15H2,1-2H3,(H,26,27,28). The van der Waals surface area contributed by atoms with Gasteiger partial charge in [0.1, 0.15) is 16.5 Å². The highest BCUT2D eigenvalue weighted by Crippen LogP contribution is 2.38. The zero-order valence-corrected chi connectivity index (χ0v) is 19.7. The molecule has 168 valence electrons. The number of carbonyl (C=O) groups excluding carboxylic acids is 1. The zero-order valence-electron chi connectivity index (χ0n) is 18.9. The normalized spacial score (nSPS) is 19.3. The van der Waals surface area contributed by atoms with Gasteiger partial charge in [-0.05, 0) is 38.9 Å². The molecule has 3 aromatic rings. The number of hydrogen-bond donors (Lipinski definition) is 1. The number of carbonyl (C=O) groups is 1. The number of anilines is 1. The van der Waals surface area contributed by atoms with Gasteiger partial charge >= 0.3 is 0 Å². The Balaban J connectivity index is 1.44. The SMILES string of the molecule is CN(C)Cc1nc(NC2CCN(C(=O)C3CCCC3)C2)c2c(-c3ccccc3)csc2n1. The first-order valence-corrected chi connectivity index (χ1v) is 12.5. The van der Waals surface area contributed by atoms with Crippen LogP contribution in [0.3, 0.4) is 0 Å². The Morgan fingerprint density at radius 3 is 2.69 bits per heavy atom.